The molecule has 1 rings (SSSR count). The number of hydrogen-bond acceptors (Lipinski definition) is 5. The zero-order chi connectivity index (χ0) is 10.6. The molecule has 0 saturated carbocycles. The summed E-state index contributed by atoms with van der Waals surface area (Å²) in [5.74, 6) is -0.861. The Morgan fingerprint density at radius 3 is 2.79 bits per heavy atom. The highest BCUT2D eigenvalue weighted by Gasteiger charge is 2.10. The molecule has 0 atom stereocenters. The van der Waals surface area contributed by atoms with E-state index in [0.29, 0.717) is 0 Å². The molecule has 1 aromatic rings. The minimum atomic E-state index is -0.659. The van der Waals surface area contributed by atoms with Crippen molar-refractivity contribution >= 4 is 11.7 Å². The van der Waals surface area contributed by atoms with E-state index in [1.807, 2.05) is 0 Å². The number of nitrogens with zero attached hydrogens (tertiary/aromatic N) is 2. The summed E-state index contributed by atoms with van der Waals surface area (Å²) in [6, 6.07) is 2.38. The number of rotatable bonds is 3. The monoisotopic (exact) mass is 197 g/mol. The van der Waals surface area contributed by atoms with Crippen molar-refractivity contribution < 1.29 is 14.8 Å². The van der Waals surface area contributed by atoms with Gasteiger partial charge in [-0.25, -0.2) is 0 Å². The van der Waals surface area contributed by atoms with Crippen LogP contribution in [0.2, 0.25) is 0 Å². The van der Waals surface area contributed by atoms with Crippen molar-refractivity contribution in [2.75, 3.05) is 6.73 Å². The Bertz CT molecular complexity index is 348. The standard InChI is InChI=1S/C7H7N3O4/c11-4-9-7(12)5-1-2-6(8-3-5)10(13)14/h1-3,11H,4H2,(H,9,12). The van der Waals surface area contributed by atoms with Crippen LogP contribution >= 0.6 is 0 Å². The predicted octanol–water partition coefficient (Wildman–Crippen LogP) is -0.331. The van der Waals surface area contributed by atoms with Crippen molar-refractivity contribution in [2.45, 2.75) is 0 Å². The highest BCUT2D eigenvalue weighted by molar-refractivity contribution is 5.93. The number of carbonyl (C=O) groups is 1. The molecule has 1 amide bonds. The SMILES string of the molecule is O=C(NCO)c1ccc([N+](=O)[O-])nc1. The van der Waals surface area contributed by atoms with Gasteiger partial charge in [0.15, 0.2) is 6.20 Å². The first-order valence-corrected chi connectivity index (χ1v) is 3.64. The van der Waals surface area contributed by atoms with Crippen molar-refractivity contribution in [1.82, 2.24) is 10.3 Å². The second kappa shape index (κ2) is 4.28. The summed E-state index contributed by atoms with van der Waals surface area (Å²) < 4.78 is 0. The number of aliphatic hydroxyl groups excluding tert-OH is 1. The third kappa shape index (κ3) is 2.23. The second-order valence-corrected chi connectivity index (χ2v) is 2.33. The van der Waals surface area contributed by atoms with Crippen molar-refractivity contribution in [3.63, 3.8) is 0 Å². The molecule has 0 fully saturated rings. The van der Waals surface area contributed by atoms with Gasteiger partial charge in [0.2, 0.25) is 0 Å². The minimum Gasteiger partial charge on any atom is -0.376 e. The number of amides is 1. The molecular formula is C7H7N3O4. The summed E-state index contributed by atoms with van der Waals surface area (Å²) in [6.45, 7) is -0.490. The molecular weight excluding hydrogens is 190 g/mol. The maximum absolute atomic E-state index is 11.0. The van der Waals surface area contributed by atoms with Crippen LogP contribution in [0.15, 0.2) is 18.3 Å². The van der Waals surface area contributed by atoms with E-state index in [2.05, 4.69) is 10.3 Å². The lowest BCUT2D eigenvalue weighted by atomic mass is 10.2. The van der Waals surface area contributed by atoms with Crippen LogP contribution < -0.4 is 5.32 Å². The van der Waals surface area contributed by atoms with E-state index in [0.717, 1.165) is 12.3 Å². The Hall–Kier alpha value is -2.02. The molecule has 7 nitrogen and oxygen atoms in total. The fourth-order valence-electron chi connectivity index (χ4n) is 0.802. The lowest BCUT2D eigenvalue weighted by molar-refractivity contribution is -0.389. The summed E-state index contributed by atoms with van der Waals surface area (Å²) in [7, 11) is 0. The van der Waals surface area contributed by atoms with E-state index in [9.17, 15) is 14.9 Å². The number of nitrogens with one attached hydrogen (secondary N) is 1. The summed E-state index contributed by atoms with van der Waals surface area (Å²) in [5, 5.41) is 20.7. The normalized spacial score (nSPS) is 9.50. The van der Waals surface area contributed by atoms with Gasteiger partial charge in [0.05, 0.1) is 5.56 Å². The first-order chi connectivity index (χ1) is 6.65. The van der Waals surface area contributed by atoms with Gasteiger partial charge in [0.1, 0.15) is 6.73 Å². The van der Waals surface area contributed by atoms with Gasteiger partial charge in [-0.3, -0.25) is 4.79 Å². The van der Waals surface area contributed by atoms with Gasteiger partial charge in [-0.05, 0) is 16.0 Å². The fraction of sp³-hybridized carbons (Fsp3) is 0.143. The Balaban J connectivity index is 2.83. The number of aromatic nitrogens is 1. The van der Waals surface area contributed by atoms with Crippen molar-refractivity contribution in [3.8, 4) is 0 Å². The molecule has 0 aliphatic heterocycles. The van der Waals surface area contributed by atoms with E-state index in [4.69, 9.17) is 5.11 Å². The number of aliphatic hydroxyl groups is 1. The largest absolute Gasteiger partial charge is 0.376 e. The van der Waals surface area contributed by atoms with E-state index in [-0.39, 0.29) is 11.4 Å². The van der Waals surface area contributed by atoms with E-state index >= 15 is 0 Å². The Kier molecular flexibility index (Phi) is 3.08. The number of carbonyl (C=O) groups excluding carboxylic acids is 1. The van der Waals surface area contributed by atoms with Crippen LogP contribution in [0.1, 0.15) is 10.4 Å². The van der Waals surface area contributed by atoms with Crippen molar-refractivity contribution in [1.29, 1.82) is 0 Å². The summed E-state index contributed by atoms with van der Waals surface area (Å²) in [6.07, 6.45) is 1.07. The van der Waals surface area contributed by atoms with Crippen LogP contribution in [-0.2, 0) is 0 Å². The van der Waals surface area contributed by atoms with Crippen LogP contribution in [0.4, 0.5) is 5.82 Å². The van der Waals surface area contributed by atoms with Crippen LogP contribution in [0.25, 0.3) is 0 Å². The highest BCUT2D eigenvalue weighted by atomic mass is 16.6. The molecule has 1 aromatic heterocycles. The van der Waals surface area contributed by atoms with Crippen LogP contribution in [0, 0.1) is 10.1 Å². The van der Waals surface area contributed by atoms with Crippen molar-refractivity contribution in [3.05, 3.63) is 34.0 Å². The van der Waals surface area contributed by atoms with Gasteiger partial charge in [-0.15, -0.1) is 0 Å². The smallest absolute Gasteiger partial charge is 0.363 e. The molecule has 0 spiro atoms. The topological polar surface area (TPSA) is 105 Å². The van der Waals surface area contributed by atoms with E-state index < -0.39 is 17.6 Å². The summed E-state index contributed by atoms with van der Waals surface area (Å²) in [4.78, 5) is 24.0. The highest BCUT2D eigenvalue weighted by Crippen LogP contribution is 2.06. The zero-order valence-electron chi connectivity index (χ0n) is 7.01. The molecule has 7 heteroatoms. The molecule has 1 heterocycles. The molecule has 0 aromatic carbocycles. The maximum Gasteiger partial charge on any atom is 0.363 e. The Labute approximate surface area is 78.5 Å². The predicted molar refractivity (Wildman–Crippen MR) is 45.4 cm³/mol. The fourth-order valence-corrected chi connectivity index (χ4v) is 0.802. The van der Waals surface area contributed by atoms with Gasteiger partial charge >= 0.3 is 5.82 Å². The molecule has 2 N–H and O–H groups in total. The van der Waals surface area contributed by atoms with Crippen LogP contribution in [0.3, 0.4) is 0 Å². The molecule has 74 valence electrons. The Morgan fingerprint density at radius 2 is 2.36 bits per heavy atom. The molecule has 0 radical (unpaired) electrons. The van der Waals surface area contributed by atoms with Gasteiger partial charge in [0, 0.05) is 6.07 Å². The first-order valence-electron chi connectivity index (χ1n) is 3.64. The molecule has 0 unspecified atom stereocenters. The zero-order valence-corrected chi connectivity index (χ0v) is 7.01. The molecule has 0 bridgehead atoms. The third-order valence-electron chi connectivity index (χ3n) is 1.44. The molecule has 0 saturated heterocycles. The van der Waals surface area contributed by atoms with Crippen LogP contribution in [-0.4, -0.2) is 27.7 Å². The number of pyridine rings is 1. The van der Waals surface area contributed by atoms with Crippen molar-refractivity contribution in [2.24, 2.45) is 0 Å². The molecule has 0 aliphatic rings. The lowest BCUT2D eigenvalue weighted by Gasteiger charge is -1.98. The van der Waals surface area contributed by atoms with Gasteiger partial charge in [0.25, 0.3) is 5.91 Å². The van der Waals surface area contributed by atoms with E-state index in [1.165, 1.54) is 6.07 Å². The number of nitro groups is 1. The lowest BCUT2D eigenvalue weighted by Crippen LogP contribution is -2.24. The van der Waals surface area contributed by atoms with E-state index in [1.54, 1.807) is 0 Å². The van der Waals surface area contributed by atoms with Crippen LogP contribution in [0.5, 0.6) is 0 Å². The second-order valence-electron chi connectivity index (χ2n) is 2.33. The third-order valence-corrected chi connectivity index (χ3v) is 1.44. The van der Waals surface area contributed by atoms with Gasteiger partial charge in [-0.1, -0.05) is 0 Å². The quantitative estimate of drug-likeness (QED) is 0.392. The molecule has 14 heavy (non-hydrogen) atoms. The average molecular weight is 197 g/mol. The molecule has 0 aliphatic carbocycles. The van der Waals surface area contributed by atoms with Gasteiger partial charge in [-0.2, -0.15) is 0 Å². The number of hydrogen-bond donors (Lipinski definition) is 2. The maximum atomic E-state index is 11.0. The first kappa shape index (κ1) is 10.1. The minimum absolute atomic E-state index is 0.157. The Morgan fingerprint density at radius 1 is 1.64 bits per heavy atom. The average Bonchev–Trinajstić information content (AvgIpc) is 2.18. The van der Waals surface area contributed by atoms with Gasteiger partial charge < -0.3 is 20.5 Å². The summed E-state index contributed by atoms with van der Waals surface area (Å²) >= 11 is 0. The summed E-state index contributed by atoms with van der Waals surface area (Å²) in [5.41, 5.74) is 0.157.